The Hall–Kier alpha value is -3.07. The number of likely N-dealkylation sites (tertiary alicyclic amines) is 1. The topological polar surface area (TPSA) is 82.8 Å². The molecule has 0 unspecified atom stereocenters. The average molecular weight is 392 g/mol. The zero-order valence-corrected chi connectivity index (χ0v) is 16.7. The van der Waals surface area contributed by atoms with Gasteiger partial charge >= 0.3 is 0 Å². The van der Waals surface area contributed by atoms with Gasteiger partial charge in [-0.2, -0.15) is 4.98 Å². The molecule has 0 aliphatic carbocycles. The molecule has 3 aromatic rings. The number of fused-ring (bicyclic) bond motifs is 1. The molecule has 0 bridgehead atoms. The Bertz CT molecular complexity index is 1040. The van der Waals surface area contributed by atoms with Gasteiger partial charge in [0.15, 0.2) is 0 Å². The molecule has 0 atom stereocenters. The normalized spacial score (nSPS) is 18.3. The van der Waals surface area contributed by atoms with E-state index in [1.807, 2.05) is 43.1 Å². The fraction of sp³-hybridized carbons (Fsp3) is 0.450. The highest BCUT2D eigenvalue weighted by Gasteiger charge is 2.37. The van der Waals surface area contributed by atoms with Crippen molar-refractivity contribution in [3.8, 4) is 0 Å². The van der Waals surface area contributed by atoms with Crippen LogP contribution in [0.2, 0.25) is 0 Å². The lowest BCUT2D eigenvalue weighted by Gasteiger charge is -2.47. The molecule has 2 saturated heterocycles. The van der Waals surface area contributed by atoms with Crippen LogP contribution in [0.1, 0.15) is 22.0 Å². The molecular weight excluding hydrogens is 368 g/mol. The molecule has 9 heteroatoms. The molecule has 2 aliphatic rings. The Labute approximate surface area is 169 Å². The predicted octanol–water partition coefficient (Wildman–Crippen LogP) is 0.783. The molecule has 2 fully saturated rings. The molecular formula is C20H24N8O. The zero-order valence-electron chi connectivity index (χ0n) is 16.7. The number of aromatic nitrogens is 5. The second-order valence-corrected chi connectivity index (χ2v) is 7.76. The summed E-state index contributed by atoms with van der Waals surface area (Å²) in [7, 11) is 0. The number of hydrogen-bond donors (Lipinski definition) is 0. The number of anilines is 1. The summed E-state index contributed by atoms with van der Waals surface area (Å²) in [6, 6.07) is 8.36. The molecule has 0 N–H and O–H groups in total. The van der Waals surface area contributed by atoms with Crippen LogP contribution in [-0.4, -0.2) is 85.6 Å². The number of aryl methyl sites for hydroxylation is 2. The van der Waals surface area contributed by atoms with Crippen LogP contribution in [0.5, 0.6) is 0 Å². The third kappa shape index (κ3) is 3.31. The Kier molecular flexibility index (Phi) is 4.39. The van der Waals surface area contributed by atoms with E-state index < -0.39 is 0 Å². The van der Waals surface area contributed by atoms with Crippen LogP contribution >= 0.6 is 0 Å². The minimum atomic E-state index is -0.115. The molecule has 150 valence electrons. The Morgan fingerprint density at radius 1 is 1.07 bits per heavy atom. The van der Waals surface area contributed by atoms with Gasteiger partial charge in [-0.05, 0) is 32.0 Å². The summed E-state index contributed by atoms with van der Waals surface area (Å²) in [5.74, 6) is 1.63. The SMILES string of the molecule is Cc1cc(C)n2nc(C(=O)N3CC(N4CCN(c5ccccn5)CC4)C3)nc2n1. The molecule has 2 aliphatic heterocycles. The van der Waals surface area contributed by atoms with Crippen LogP contribution in [0.3, 0.4) is 0 Å². The average Bonchev–Trinajstić information content (AvgIpc) is 3.12. The predicted molar refractivity (Wildman–Crippen MR) is 108 cm³/mol. The van der Waals surface area contributed by atoms with E-state index in [9.17, 15) is 4.79 Å². The van der Waals surface area contributed by atoms with Crippen molar-refractivity contribution in [2.24, 2.45) is 0 Å². The minimum absolute atomic E-state index is 0.115. The highest BCUT2D eigenvalue weighted by Crippen LogP contribution is 2.21. The van der Waals surface area contributed by atoms with Crippen LogP contribution in [-0.2, 0) is 0 Å². The Morgan fingerprint density at radius 3 is 2.59 bits per heavy atom. The summed E-state index contributed by atoms with van der Waals surface area (Å²) in [6.07, 6.45) is 1.84. The second-order valence-electron chi connectivity index (χ2n) is 7.76. The van der Waals surface area contributed by atoms with Gasteiger partial charge in [0, 0.05) is 62.9 Å². The highest BCUT2D eigenvalue weighted by atomic mass is 16.2. The maximum Gasteiger partial charge on any atom is 0.293 e. The van der Waals surface area contributed by atoms with Gasteiger partial charge in [0.1, 0.15) is 5.82 Å². The third-order valence-corrected chi connectivity index (χ3v) is 5.76. The number of pyridine rings is 1. The summed E-state index contributed by atoms with van der Waals surface area (Å²) in [4.78, 5) is 32.5. The van der Waals surface area contributed by atoms with E-state index in [1.54, 1.807) is 4.52 Å². The first-order valence-electron chi connectivity index (χ1n) is 9.99. The molecule has 1 amide bonds. The van der Waals surface area contributed by atoms with E-state index in [1.165, 1.54) is 0 Å². The third-order valence-electron chi connectivity index (χ3n) is 5.76. The van der Waals surface area contributed by atoms with Gasteiger partial charge in [0.05, 0.1) is 0 Å². The maximum absolute atomic E-state index is 12.8. The van der Waals surface area contributed by atoms with E-state index >= 15 is 0 Å². The number of hydrogen-bond acceptors (Lipinski definition) is 7. The number of rotatable bonds is 3. The summed E-state index contributed by atoms with van der Waals surface area (Å²) < 4.78 is 1.63. The monoisotopic (exact) mass is 392 g/mol. The van der Waals surface area contributed by atoms with Crippen LogP contribution in [0.15, 0.2) is 30.5 Å². The van der Waals surface area contributed by atoms with Crippen LogP contribution in [0.25, 0.3) is 5.78 Å². The summed E-state index contributed by atoms with van der Waals surface area (Å²) >= 11 is 0. The summed E-state index contributed by atoms with van der Waals surface area (Å²) in [5.41, 5.74) is 1.79. The summed E-state index contributed by atoms with van der Waals surface area (Å²) in [5, 5.41) is 4.36. The van der Waals surface area contributed by atoms with E-state index in [-0.39, 0.29) is 11.7 Å². The maximum atomic E-state index is 12.8. The van der Waals surface area contributed by atoms with Gasteiger partial charge in [-0.15, -0.1) is 5.10 Å². The minimum Gasteiger partial charge on any atom is -0.354 e. The van der Waals surface area contributed by atoms with Crippen molar-refractivity contribution >= 4 is 17.5 Å². The fourth-order valence-electron chi connectivity index (χ4n) is 4.11. The summed E-state index contributed by atoms with van der Waals surface area (Å²) in [6.45, 7) is 9.19. The largest absolute Gasteiger partial charge is 0.354 e. The molecule has 5 rings (SSSR count). The highest BCUT2D eigenvalue weighted by molar-refractivity contribution is 5.91. The first-order valence-corrected chi connectivity index (χ1v) is 9.99. The van der Waals surface area contributed by atoms with Gasteiger partial charge in [-0.25, -0.2) is 14.5 Å². The van der Waals surface area contributed by atoms with Crippen LogP contribution in [0.4, 0.5) is 5.82 Å². The lowest BCUT2D eigenvalue weighted by Crippen LogP contribution is -2.64. The quantitative estimate of drug-likeness (QED) is 0.651. The van der Waals surface area contributed by atoms with Crippen molar-refractivity contribution in [2.75, 3.05) is 44.2 Å². The van der Waals surface area contributed by atoms with Crippen molar-refractivity contribution < 1.29 is 4.79 Å². The smallest absolute Gasteiger partial charge is 0.293 e. The molecule has 0 radical (unpaired) electrons. The van der Waals surface area contributed by atoms with Crippen LogP contribution in [0, 0.1) is 13.8 Å². The number of piperazine rings is 1. The van der Waals surface area contributed by atoms with Crippen molar-refractivity contribution in [2.45, 2.75) is 19.9 Å². The van der Waals surface area contributed by atoms with E-state index in [2.05, 4.69) is 35.9 Å². The number of carbonyl (C=O) groups excluding carboxylic acids is 1. The Balaban J connectivity index is 1.18. The van der Waals surface area contributed by atoms with Gasteiger partial charge in [-0.1, -0.05) is 6.07 Å². The van der Waals surface area contributed by atoms with Gasteiger partial charge < -0.3 is 9.80 Å². The van der Waals surface area contributed by atoms with E-state index in [4.69, 9.17) is 0 Å². The van der Waals surface area contributed by atoms with E-state index in [0.29, 0.717) is 11.8 Å². The lowest BCUT2D eigenvalue weighted by molar-refractivity contribution is 0.0237. The van der Waals surface area contributed by atoms with Gasteiger partial charge in [0.2, 0.25) is 5.82 Å². The molecule has 5 heterocycles. The molecule has 9 nitrogen and oxygen atoms in total. The molecule has 0 spiro atoms. The van der Waals surface area contributed by atoms with E-state index in [0.717, 1.165) is 56.5 Å². The number of amides is 1. The number of carbonyl (C=O) groups is 1. The first kappa shape index (κ1) is 18.0. The van der Waals surface area contributed by atoms with Crippen LogP contribution < -0.4 is 4.90 Å². The molecule has 3 aromatic heterocycles. The second kappa shape index (κ2) is 7.07. The van der Waals surface area contributed by atoms with Gasteiger partial charge in [0.25, 0.3) is 11.7 Å². The fourth-order valence-corrected chi connectivity index (χ4v) is 4.11. The lowest BCUT2D eigenvalue weighted by atomic mass is 10.1. The van der Waals surface area contributed by atoms with Crippen molar-refractivity contribution in [1.82, 2.24) is 34.4 Å². The zero-order chi connectivity index (χ0) is 20.0. The molecule has 0 saturated carbocycles. The van der Waals surface area contributed by atoms with Crippen molar-refractivity contribution in [1.29, 1.82) is 0 Å². The molecule has 29 heavy (non-hydrogen) atoms. The van der Waals surface area contributed by atoms with Crippen molar-refractivity contribution in [3.63, 3.8) is 0 Å². The Morgan fingerprint density at radius 2 is 1.86 bits per heavy atom. The standard InChI is InChI=1S/C20H24N8O/c1-14-11-15(2)28-20(22-14)23-18(24-28)19(29)27-12-16(13-27)25-7-9-26(10-8-25)17-5-3-4-6-21-17/h3-6,11,16H,7-10,12-13H2,1-2H3. The van der Waals surface area contributed by atoms with Crippen molar-refractivity contribution in [3.05, 3.63) is 47.7 Å². The number of nitrogens with zero attached hydrogens (tertiary/aromatic N) is 8. The first-order chi connectivity index (χ1) is 14.1. The molecule has 0 aromatic carbocycles. The van der Waals surface area contributed by atoms with Gasteiger partial charge in [-0.3, -0.25) is 9.69 Å².